The Balaban J connectivity index is 1.88. The van der Waals surface area contributed by atoms with E-state index < -0.39 is 0 Å². The Bertz CT molecular complexity index is 818. The van der Waals surface area contributed by atoms with Crippen molar-refractivity contribution in [1.29, 1.82) is 0 Å². The summed E-state index contributed by atoms with van der Waals surface area (Å²) in [6.07, 6.45) is 3.85. The monoisotopic (exact) mass is 310 g/mol. The molecule has 0 aliphatic rings. The minimum absolute atomic E-state index is 0.0615. The van der Waals surface area contributed by atoms with Gasteiger partial charge in [0, 0.05) is 16.5 Å². The molecule has 1 aromatic carbocycles. The lowest BCUT2D eigenvalue weighted by Crippen LogP contribution is -2.10. The Morgan fingerprint density at radius 3 is 2.91 bits per heavy atom. The van der Waals surface area contributed by atoms with Gasteiger partial charge in [-0.2, -0.15) is 0 Å². The highest BCUT2D eigenvalue weighted by atomic mass is 32.1. The number of carbonyl (C=O) groups is 1. The zero-order valence-corrected chi connectivity index (χ0v) is 13.5. The summed E-state index contributed by atoms with van der Waals surface area (Å²) in [7, 11) is 0. The molecule has 1 N–H and O–H groups in total. The van der Waals surface area contributed by atoms with Gasteiger partial charge in [-0.1, -0.05) is 31.5 Å². The van der Waals surface area contributed by atoms with Crippen LogP contribution >= 0.6 is 11.3 Å². The lowest BCUT2D eigenvalue weighted by Gasteiger charge is -2.06. The van der Waals surface area contributed by atoms with Crippen molar-refractivity contribution in [2.24, 2.45) is 0 Å². The molecule has 3 aromatic rings. The number of para-hydroxylation sites is 1. The molecular formula is C18H18N2OS. The van der Waals surface area contributed by atoms with Gasteiger partial charge < -0.3 is 5.32 Å². The molecule has 0 unspecified atom stereocenters. The number of aromatic nitrogens is 1. The highest BCUT2D eigenvalue weighted by Gasteiger charge is 2.13. The van der Waals surface area contributed by atoms with Crippen LogP contribution in [-0.2, 0) is 6.42 Å². The van der Waals surface area contributed by atoms with E-state index in [4.69, 9.17) is 0 Å². The molecule has 0 aliphatic heterocycles. The van der Waals surface area contributed by atoms with Crippen molar-refractivity contribution in [2.75, 3.05) is 5.32 Å². The number of hydrogen-bond acceptors (Lipinski definition) is 3. The molecule has 0 spiro atoms. The molecule has 0 radical (unpaired) electrons. The first-order valence-corrected chi connectivity index (χ1v) is 8.25. The molecular weight excluding hydrogens is 292 g/mol. The fourth-order valence-corrected chi connectivity index (χ4v) is 3.51. The number of amides is 1. The van der Waals surface area contributed by atoms with Crippen molar-refractivity contribution in [1.82, 2.24) is 4.98 Å². The van der Waals surface area contributed by atoms with Gasteiger partial charge in [0.1, 0.15) is 0 Å². The molecule has 0 atom stereocenters. The largest absolute Gasteiger partial charge is 0.319 e. The summed E-state index contributed by atoms with van der Waals surface area (Å²) >= 11 is 1.55. The number of carbonyl (C=O) groups excluding carboxylic acids is 1. The van der Waals surface area contributed by atoms with E-state index in [2.05, 4.69) is 24.1 Å². The first kappa shape index (κ1) is 14.7. The van der Waals surface area contributed by atoms with Crippen LogP contribution in [0.4, 0.5) is 5.69 Å². The number of pyridine rings is 1. The summed E-state index contributed by atoms with van der Waals surface area (Å²) < 4.78 is 0. The third-order valence-electron chi connectivity index (χ3n) is 3.64. The highest BCUT2D eigenvalue weighted by molar-refractivity contribution is 7.14. The molecule has 22 heavy (non-hydrogen) atoms. The number of aryl methyl sites for hydroxylation is 2. The molecule has 1 amide bonds. The number of thiophene rings is 1. The van der Waals surface area contributed by atoms with Crippen molar-refractivity contribution in [2.45, 2.75) is 26.7 Å². The average Bonchev–Trinajstić information content (AvgIpc) is 2.89. The predicted octanol–water partition coefficient (Wildman–Crippen LogP) is 4.81. The van der Waals surface area contributed by atoms with Crippen LogP contribution in [0.25, 0.3) is 10.9 Å². The second-order valence-electron chi connectivity index (χ2n) is 5.28. The third kappa shape index (κ3) is 2.88. The summed E-state index contributed by atoms with van der Waals surface area (Å²) in [5.41, 5.74) is 2.85. The number of hydrogen-bond donors (Lipinski definition) is 1. The fourth-order valence-electron chi connectivity index (χ4n) is 2.54. The van der Waals surface area contributed by atoms with E-state index in [9.17, 15) is 4.79 Å². The van der Waals surface area contributed by atoms with E-state index >= 15 is 0 Å². The molecule has 3 rings (SSSR count). The van der Waals surface area contributed by atoms with Gasteiger partial charge in [-0.3, -0.25) is 9.78 Å². The van der Waals surface area contributed by atoms with Crippen LogP contribution in [0.1, 0.15) is 33.5 Å². The van der Waals surface area contributed by atoms with Crippen LogP contribution in [0.15, 0.2) is 42.6 Å². The van der Waals surface area contributed by atoms with Crippen molar-refractivity contribution < 1.29 is 4.79 Å². The van der Waals surface area contributed by atoms with Gasteiger partial charge in [0.05, 0.1) is 16.1 Å². The van der Waals surface area contributed by atoms with Gasteiger partial charge in [0.15, 0.2) is 0 Å². The SMILES string of the molecule is CCCc1cc(C(=O)Nc2cccc3cccnc23)sc1C. The molecule has 0 fully saturated rings. The quantitative estimate of drug-likeness (QED) is 0.751. The normalized spacial score (nSPS) is 10.8. The van der Waals surface area contributed by atoms with E-state index in [-0.39, 0.29) is 5.91 Å². The van der Waals surface area contributed by atoms with E-state index in [0.717, 1.165) is 34.3 Å². The smallest absolute Gasteiger partial charge is 0.265 e. The lowest BCUT2D eigenvalue weighted by atomic mass is 10.1. The molecule has 112 valence electrons. The standard InChI is InChI=1S/C18H18N2OS/c1-3-6-14-11-16(22-12(14)2)18(21)20-15-9-4-7-13-8-5-10-19-17(13)15/h4-5,7-11H,3,6H2,1-2H3,(H,20,21). The Kier molecular flexibility index (Phi) is 4.20. The summed E-state index contributed by atoms with van der Waals surface area (Å²) in [6.45, 7) is 4.23. The maximum atomic E-state index is 12.5. The number of nitrogens with one attached hydrogen (secondary N) is 1. The van der Waals surface area contributed by atoms with Crippen LogP contribution in [0.3, 0.4) is 0 Å². The topological polar surface area (TPSA) is 42.0 Å². The number of fused-ring (bicyclic) bond motifs is 1. The second kappa shape index (κ2) is 6.28. The minimum Gasteiger partial charge on any atom is -0.319 e. The van der Waals surface area contributed by atoms with Crippen LogP contribution in [0, 0.1) is 6.92 Å². The second-order valence-corrected chi connectivity index (χ2v) is 6.53. The van der Waals surface area contributed by atoms with Crippen LogP contribution < -0.4 is 5.32 Å². The predicted molar refractivity (Wildman–Crippen MR) is 92.7 cm³/mol. The van der Waals surface area contributed by atoms with Gasteiger partial charge in [0.2, 0.25) is 0 Å². The average molecular weight is 310 g/mol. The summed E-state index contributed by atoms with van der Waals surface area (Å²) in [5.74, 6) is -0.0615. The lowest BCUT2D eigenvalue weighted by molar-refractivity contribution is 0.103. The highest BCUT2D eigenvalue weighted by Crippen LogP contribution is 2.25. The Hall–Kier alpha value is -2.20. The zero-order chi connectivity index (χ0) is 15.5. The summed E-state index contributed by atoms with van der Waals surface area (Å²) in [6, 6.07) is 11.7. The molecule has 0 aliphatic carbocycles. The molecule has 4 heteroatoms. The number of rotatable bonds is 4. The van der Waals surface area contributed by atoms with Crippen molar-refractivity contribution in [3.05, 3.63) is 57.9 Å². The Labute approximate surface area is 134 Å². The zero-order valence-electron chi connectivity index (χ0n) is 12.7. The fraction of sp³-hybridized carbons (Fsp3) is 0.222. The summed E-state index contributed by atoms with van der Waals surface area (Å²) in [5, 5.41) is 4.02. The number of anilines is 1. The summed E-state index contributed by atoms with van der Waals surface area (Å²) in [4.78, 5) is 18.9. The first-order chi connectivity index (χ1) is 10.7. The Morgan fingerprint density at radius 1 is 1.27 bits per heavy atom. The van der Waals surface area contributed by atoms with E-state index in [1.54, 1.807) is 17.5 Å². The van der Waals surface area contributed by atoms with Crippen LogP contribution in [0.2, 0.25) is 0 Å². The van der Waals surface area contributed by atoms with Crippen molar-refractivity contribution in [3.8, 4) is 0 Å². The maximum Gasteiger partial charge on any atom is 0.265 e. The van der Waals surface area contributed by atoms with Crippen LogP contribution in [-0.4, -0.2) is 10.9 Å². The van der Waals surface area contributed by atoms with E-state index in [0.29, 0.717) is 0 Å². The van der Waals surface area contributed by atoms with Crippen molar-refractivity contribution >= 4 is 33.8 Å². The Morgan fingerprint density at radius 2 is 2.09 bits per heavy atom. The number of benzene rings is 1. The van der Waals surface area contributed by atoms with Gasteiger partial charge in [-0.05, 0) is 37.1 Å². The molecule has 2 heterocycles. The third-order valence-corrected chi connectivity index (χ3v) is 4.74. The van der Waals surface area contributed by atoms with Gasteiger partial charge in [-0.15, -0.1) is 11.3 Å². The van der Waals surface area contributed by atoms with E-state index in [1.807, 2.05) is 36.4 Å². The molecule has 2 aromatic heterocycles. The molecule has 3 nitrogen and oxygen atoms in total. The molecule has 0 saturated carbocycles. The first-order valence-electron chi connectivity index (χ1n) is 7.43. The molecule has 0 bridgehead atoms. The van der Waals surface area contributed by atoms with Gasteiger partial charge in [-0.25, -0.2) is 0 Å². The maximum absolute atomic E-state index is 12.5. The minimum atomic E-state index is -0.0615. The van der Waals surface area contributed by atoms with E-state index in [1.165, 1.54) is 10.4 Å². The molecule has 0 saturated heterocycles. The van der Waals surface area contributed by atoms with Gasteiger partial charge in [0.25, 0.3) is 5.91 Å². The number of nitrogens with zero attached hydrogens (tertiary/aromatic N) is 1. The van der Waals surface area contributed by atoms with Crippen molar-refractivity contribution in [3.63, 3.8) is 0 Å². The van der Waals surface area contributed by atoms with Gasteiger partial charge >= 0.3 is 0 Å². The van der Waals surface area contributed by atoms with Crippen LogP contribution in [0.5, 0.6) is 0 Å².